The fourth-order valence-electron chi connectivity index (χ4n) is 2.58. The number of hydrogen-bond acceptors (Lipinski definition) is 2. The molecule has 0 radical (unpaired) electrons. The highest BCUT2D eigenvalue weighted by Gasteiger charge is 2.33. The van der Waals surface area contributed by atoms with Crippen LogP contribution in [-0.2, 0) is 0 Å². The first-order valence-electron chi connectivity index (χ1n) is 6.96. The molecule has 1 atom stereocenters. The first-order chi connectivity index (χ1) is 7.47. The molecule has 1 fully saturated rings. The molecule has 1 aliphatic heterocycles. The van der Waals surface area contributed by atoms with Gasteiger partial charge in [0.15, 0.2) is 0 Å². The van der Waals surface area contributed by atoms with Gasteiger partial charge in [-0.1, -0.05) is 20.8 Å². The highest BCUT2D eigenvalue weighted by Crippen LogP contribution is 2.28. The average molecular weight is 226 g/mol. The Morgan fingerprint density at radius 2 is 2.00 bits per heavy atom. The summed E-state index contributed by atoms with van der Waals surface area (Å²) in [6.07, 6.45) is 3.95. The van der Waals surface area contributed by atoms with Gasteiger partial charge in [0.2, 0.25) is 0 Å². The molecule has 0 bridgehead atoms. The standard InChI is InChI=1S/C14H30N2/c1-6-9-15-13(12(2)3)11-16-10-7-8-14(16,4)5/h12-13,15H,6-11H2,1-5H3. The van der Waals surface area contributed by atoms with Crippen LogP contribution in [0.4, 0.5) is 0 Å². The number of nitrogens with zero attached hydrogens (tertiary/aromatic N) is 1. The summed E-state index contributed by atoms with van der Waals surface area (Å²) < 4.78 is 0. The molecule has 1 heterocycles. The SMILES string of the molecule is CCCNC(CN1CCCC1(C)C)C(C)C. The highest BCUT2D eigenvalue weighted by molar-refractivity contribution is 4.90. The van der Waals surface area contributed by atoms with Gasteiger partial charge < -0.3 is 5.32 Å². The summed E-state index contributed by atoms with van der Waals surface area (Å²) in [5, 5.41) is 3.69. The van der Waals surface area contributed by atoms with Crippen LogP contribution in [-0.4, -0.2) is 36.1 Å². The van der Waals surface area contributed by atoms with E-state index < -0.39 is 0 Å². The van der Waals surface area contributed by atoms with Crippen LogP contribution in [0.2, 0.25) is 0 Å². The van der Waals surface area contributed by atoms with Crippen molar-refractivity contribution in [3.63, 3.8) is 0 Å². The molecule has 0 spiro atoms. The van der Waals surface area contributed by atoms with Crippen LogP contribution in [0.5, 0.6) is 0 Å². The third kappa shape index (κ3) is 3.74. The predicted octanol–water partition coefficient (Wildman–Crippen LogP) is 2.89. The largest absolute Gasteiger partial charge is 0.312 e. The summed E-state index contributed by atoms with van der Waals surface area (Å²) in [4.78, 5) is 2.67. The molecule has 96 valence electrons. The first-order valence-corrected chi connectivity index (χ1v) is 6.96. The zero-order valence-corrected chi connectivity index (χ0v) is 11.8. The summed E-state index contributed by atoms with van der Waals surface area (Å²) in [6, 6.07) is 0.650. The van der Waals surface area contributed by atoms with Crippen LogP contribution in [0.1, 0.15) is 53.9 Å². The predicted molar refractivity (Wildman–Crippen MR) is 71.8 cm³/mol. The normalized spacial score (nSPS) is 22.9. The van der Waals surface area contributed by atoms with Gasteiger partial charge >= 0.3 is 0 Å². The smallest absolute Gasteiger partial charge is 0.0218 e. The van der Waals surface area contributed by atoms with Crippen molar-refractivity contribution in [1.29, 1.82) is 0 Å². The Hall–Kier alpha value is -0.0800. The van der Waals surface area contributed by atoms with Crippen LogP contribution in [0.15, 0.2) is 0 Å². The first kappa shape index (κ1) is 14.0. The molecule has 1 saturated heterocycles. The molecule has 2 heteroatoms. The monoisotopic (exact) mass is 226 g/mol. The van der Waals surface area contributed by atoms with E-state index in [4.69, 9.17) is 0 Å². The third-order valence-corrected chi connectivity index (χ3v) is 3.95. The number of nitrogens with one attached hydrogen (secondary N) is 1. The van der Waals surface area contributed by atoms with E-state index in [0.29, 0.717) is 11.6 Å². The molecular weight excluding hydrogens is 196 g/mol. The highest BCUT2D eigenvalue weighted by atomic mass is 15.2. The van der Waals surface area contributed by atoms with E-state index in [2.05, 4.69) is 44.8 Å². The second-order valence-electron chi connectivity index (χ2n) is 6.17. The zero-order valence-electron chi connectivity index (χ0n) is 11.8. The van der Waals surface area contributed by atoms with Gasteiger partial charge in [-0.05, 0) is 52.1 Å². The molecule has 16 heavy (non-hydrogen) atoms. The molecule has 0 aliphatic carbocycles. The Kier molecular flexibility index (Phi) is 5.26. The van der Waals surface area contributed by atoms with Crippen molar-refractivity contribution in [3.8, 4) is 0 Å². The van der Waals surface area contributed by atoms with Gasteiger partial charge in [0.1, 0.15) is 0 Å². The van der Waals surface area contributed by atoms with Crippen molar-refractivity contribution < 1.29 is 0 Å². The van der Waals surface area contributed by atoms with E-state index in [1.54, 1.807) is 0 Å². The molecule has 0 saturated carbocycles. The lowest BCUT2D eigenvalue weighted by molar-refractivity contribution is 0.144. The molecule has 1 rings (SSSR count). The van der Waals surface area contributed by atoms with Crippen molar-refractivity contribution in [2.24, 2.45) is 5.92 Å². The number of hydrogen-bond donors (Lipinski definition) is 1. The quantitative estimate of drug-likeness (QED) is 0.749. The van der Waals surface area contributed by atoms with Gasteiger partial charge in [-0.15, -0.1) is 0 Å². The molecule has 2 nitrogen and oxygen atoms in total. The van der Waals surface area contributed by atoms with E-state index in [-0.39, 0.29) is 0 Å². The molecule has 0 amide bonds. The number of rotatable bonds is 6. The van der Waals surface area contributed by atoms with Crippen molar-refractivity contribution in [1.82, 2.24) is 10.2 Å². The molecule has 1 aliphatic rings. The van der Waals surface area contributed by atoms with Gasteiger partial charge in [-0.2, -0.15) is 0 Å². The minimum Gasteiger partial charge on any atom is -0.312 e. The minimum atomic E-state index is 0.418. The Morgan fingerprint density at radius 1 is 1.31 bits per heavy atom. The van der Waals surface area contributed by atoms with E-state index in [1.165, 1.54) is 32.4 Å². The van der Waals surface area contributed by atoms with E-state index >= 15 is 0 Å². The van der Waals surface area contributed by atoms with Crippen molar-refractivity contribution >= 4 is 0 Å². The summed E-state index contributed by atoms with van der Waals surface area (Å²) >= 11 is 0. The molecule has 1 N–H and O–H groups in total. The maximum Gasteiger partial charge on any atom is 0.0218 e. The summed E-state index contributed by atoms with van der Waals surface area (Å²) in [7, 11) is 0. The van der Waals surface area contributed by atoms with Gasteiger partial charge in [0.25, 0.3) is 0 Å². The maximum absolute atomic E-state index is 3.69. The topological polar surface area (TPSA) is 15.3 Å². The second-order valence-corrected chi connectivity index (χ2v) is 6.17. The van der Waals surface area contributed by atoms with E-state index in [0.717, 1.165) is 12.5 Å². The van der Waals surface area contributed by atoms with Crippen LogP contribution in [0, 0.1) is 5.92 Å². The average Bonchev–Trinajstić information content (AvgIpc) is 2.52. The Bertz CT molecular complexity index is 199. The van der Waals surface area contributed by atoms with Crippen LogP contribution >= 0.6 is 0 Å². The summed E-state index contributed by atoms with van der Waals surface area (Å²) in [5.41, 5.74) is 0.418. The van der Waals surface area contributed by atoms with E-state index in [1.807, 2.05) is 0 Å². The lowest BCUT2D eigenvalue weighted by Crippen LogP contribution is -2.49. The van der Waals surface area contributed by atoms with Crippen LogP contribution < -0.4 is 5.32 Å². The second kappa shape index (κ2) is 6.02. The lowest BCUT2D eigenvalue weighted by atomic mass is 9.99. The molecule has 0 aromatic heterocycles. The maximum atomic E-state index is 3.69. The van der Waals surface area contributed by atoms with Gasteiger partial charge in [-0.25, -0.2) is 0 Å². The molecule has 0 aromatic rings. The van der Waals surface area contributed by atoms with Gasteiger partial charge in [-0.3, -0.25) is 4.90 Å². The van der Waals surface area contributed by atoms with Crippen LogP contribution in [0.25, 0.3) is 0 Å². The van der Waals surface area contributed by atoms with Gasteiger partial charge in [0.05, 0.1) is 0 Å². The fraction of sp³-hybridized carbons (Fsp3) is 1.00. The lowest BCUT2D eigenvalue weighted by Gasteiger charge is -2.36. The number of likely N-dealkylation sites (tertiary alicyclic amines) is 1. The third-order valence-electron chi connectivity index (χ3n) is 3.95. The Labute approximate surface area is 102 Å². The van der Waals surface area contributed by atoms with Gasteiger partial charge in [0, 0.05) is 18.1 Å². The molecule has 1 unspecified atom stereocenters. The van der Waals surface area contributed by atoms with E-state index in [9.17, 15) is 0 Å². The Balaban J connectivity index is 2.47. The van der Waals surface area contributed by atoms with Crippen molar-refractivity contribution in [2.45, 2.75) is 65.5 Å². The molecule has 0 aromatic carbocycles. The van der Waals surface area contributed by atoms with Crippen molar-refractivity contribution in [2.75, 3.05) is 19.6 Å². The summed E-state index contributed by atoms with van der Waals surface area (Å²) in [5.74, 6) is 0.725. The van der Waals surface area contributed by atoms with Crippen LogP contribution in [0.3, 0.4) is 0 Å². The Morgan fingerprint density at radius 3 is 2.44 bits per heavy atom. The summed E-state index contributed by atoms with van der Waals surface area (Å²) in [6.45, 7) is 15.3. The fourth-order valence-corrected chi connectivity index (χ4v) is 2.58. The minimum absolute atomic E-state index is 0.418. The zero-order chi connectivity index (χ0) is 12.2. The molecular formula is C14H30N2. The van der Waals surface area contributed by atoms with Crippen molar-refractivity contribution in [3.05, 3.63) is 0 Å².